The van der Waals surface area contributed by atoms with E-state index in [9.17, 15) is 14.4 Å². The molecule has 10 nitrogen and oxygen atoms in total. The van der Waals surface area contributed by atoms with Crippen molar-refractivity contribution in [1.29, 1.82) is 0 Å². The van der Waals surface area contributed by atoms with Crippen molar-refractivity contribution in [3.63, 3.8) is 0 Å². The van der Waals surface area contributed by atoms with Gasteiger partial charge in [0.15, 0.2) is 5.72 Å². The first-order chi connectivity index (χ1) is 12.9. The van der Waals surface area contributed by atoms with Gasteiger partial charge in [0, 0.05) is 43.9 Å². The summed E-state index contributed by atoms with van der Waals surface area (Å²) in [5.41, 5.74) is 10.9. The van der Waals surface area contributed by atoms with Gasteiger partial charge in [-0.15, -0.1) is 0 Å². The number of carbonyl (C=O) groups is 3. The number of rotatable bonds is 6. The monoisotopic (exact) mass is 377 g/mol. The highest BCUT2D eigenvalue weighted by Gasteiger charge is 2.72. The number of nitrogens with two attached hydrogens (primary N) is 2. The first kappa shape index (κ1) is 18.0. The molecule has 6 N–H and O–H groups in total. The van der Waals surface area contributed by atoms with Crippen LogP contribution >= 0.6 is 0 Å². The minimum Gasteiger partial charge on any atom is -0.449 e. The maximum absolute atomic E-state index is 13.3. The van der Waals surface area contributed by atoms with Gasteiger partial charge < -0.3 is 36.5 Å². The van der Waals surface area contributed by atoms with Crippen LogP contribution < -0.4 is 22.1 Å². The van der Waals surface area contributed by atoms with Gasteiger partial charge in [-0.25, -0.2) is 4.79 Å². The van der Waals surface area contributed by atoms with Crippen LogP contribution in [0.5, 0.6) is 0 Å². The Hall–Kier alpha value is -2.43. The zero-order valence-electron chi connectivity index (χ0n) is 15.2. The highest BCUT2D eigenvalue weighted by molar-refractivity contribution is 6.25. The van der Waals surface area contributed by atoms with E-state index < -0.39 is 17.7 Å². The lowest BCUT2D eigenvalue weighted by Crippen LogP contribution is -2.55. The van der Waals surface area contributed by atoms with Gasteiger partial charge in [-0.2, -0.15) is 0 Å². The van der Waals surface area contributed by atoms with E-state index in [0.29, 0.717) is 36.5 Å². The SMILES string of the molecule is CO[C@@]12[C@H](COC(N)=O)C3=C(C(=O)C(C)=C(NCCN)C3=O)N1C[C@@H]1N[C@@H]12. The third kappa shape index (κ3) is 2.27. The van der Waals surface area contributed by atoms with E-state index in [2.05, 4.69) is 10.6 Å². The lowest BCUT2D eigenvalue weighted by atomic mass is 9.82. The standard InChI is InChI=1S/C17H23N5O5/c1-7-11(20-4-3-18)14(24)10-8(6-27-16(19)25)17(26-2)15-9(21-15)5-22(17)12(10)13(7)23/h8-9,15,20-21H,3-6,18H2,1-2H3,(H2,19,25)/t8-,9+,15+,17-/m1/s1. The van der Waals surface area contributed by atoms with E-state index in [1.54, 1.807) is 6.92 Å². The number of Topliss-reactive ketones (excluding diaryl/α,β-unsaturated/α-hetero) is 2. The number of methoxy groups -OCH3 is 1. The van der Waals surface area contributed by atoms with Gasteiger partial charge in [-0.05, 0) is 6.92 Å². The number of ether oxygens (including phenoxy) is 2. The van der Waals surface area contributed by atoms with Gasteiger partial charge in [-0.3, -0.25) is 9.59 Å². The molecule has 3 aliphatic heterocycles. The number of allylic oxidation sites excluding steroid dienone is 2. The highest BCUT2D eigenvalue weighted by Crippen LogP contribution is 2.55. The van der Waals surface area contributed by atoms with Gasteiger partial charge in [0.2, 0.25) is 11.6 Å². The van der Waals surface area contributed by atoms with Crippen molar-refractivity contribution in [3.05, 3.63) is 22.5 Å². The molecule has 1 amide bonds. The van der Waals surface area contributed by atoms with Crippen LogP contribution in [0.1, 0.15) is 6.92 Å². The van der Waals surface area contributed by atoms with Crippen molar-refractivity contribution in [2.45, 2.75) is 24.7 Å². The van der Waals surface area contributed by atoms with Crippen LogP contribution in [-0.4, -0.2) is 73.7 Å². The molecule has 0 saturated carbocycles. The lowest BCUT2D eigenvalue weighted by Gasteiger charge is -2.39. The number of hydrogen-bond acceptors (Lipinski definition) is 9. The van der Waals surface area contributed by atoms with Crippen LogP contribution in [0.3, 0.4) is 0 Å². The van der Waals surface area contributed by atoms with Crippen LogP contribution in [-0.2, 0) is 19.1 Å². The summed E-state index contributed by atoms with van der Waals surface area (Å²) in [4.78, 5) is 39.5. The molecular weight excluding hydrogens is 354 g/mol. The van der Waals surface area contributed by atoms with E-state index in [4.69, 9.17) is 20.9 Å². The topological polar surface area (TPSA) is 159 Å². The largest absolute Gasteiger partial charge is 0.449 e. The van der Waals surface area contributed by atoms with Gasteiger partial charge in [0.25, 0.3) is 0 Å². The zero-order chi connectivity index (χ0) is 19.5. The Balaban J connectivity index is 1.79. The molecule has 10 heteroatoms. The van der Waals surface area contributed by atoms with Crippen molar-refractivity contribution in [2.24, 2.45) is 17.4 Å². The Labute approximate surface area is 155 Å². The molecule has 0 aromatic rings. The summed E-state index contributed by atoms with van der Waals surface area (Å²) in [5.74, 6) is -1.15. The number of carbonyl (C=O) groups excluding carboxylic acids is 3. The Kier molecular flexibility index (Phi) is 4.02. The summed E-state index contributed by atoms with van der Waals surface area (Å²) in [7, 11) is 1.54. The minimum atomic E-state index is -0.959. The molecule has 4 aliphatic rings. The molecule has 4 atom stereocenters. The highest BCUT2D eigenvalue weighted by atomic mass is 16.6. The summed E-state index contributed by atoms with van der Waals surface area (Å²) in [6.07, 6.45) is -0.942. The van der Waals surface area contributed by atoms with E-state index in [0.717, 1.165) is 0 Å². The number of nitrogens with one attached hydrogen (secondary N) is 2. The average molecular weight is 377 g/mol. The molecule has 4 rings (SSSR count). The second-order valence-corrected chi connectivity index (χ2v) is 7.14. The lowest BCUT2D eigenvalue weighted by molar-refractivity contribution is -0.137. The molecule has 0 aromatic heterocycles. The molecule has 1 aliphatic carbocycles. The van der Waals surface area contributed by atoms with Crippen LogP contribution in [0, 0.1) is 5.92 Å². The number of primary amides is 1. The van der Waals surface area contributed by atoms with E-state index in [1.165, 1.54) is 7.11 Å². The predicted octanol–water partition coefficient (Wildman–Crippen LogP) is -2.06. The average Bonchev–Trinajstić information content (AvgIpc) is 3.24. The number of ketones is 2. The van der Waals surface area contributed by atoms with Crippen molar-refractivity contribution in [2.75, 3.05) is 33.4 Å². The second kappa shape index (κ2) is 6.04. The van der Waals surface area contributed by atoms with Crippen molar-refractivity contribution in [3.8, 4) is 0 Å². The van der Waals surface area contributed by atoms with Crippen LogP contribution in [0.25, 0.3) is 0 Å². The molecule has 0 bridgehead atoms. The van der Waals surface area contributed by atoms with Gasteiger partial charge >= 0.3 is 6.09 Å². The summed E-state index contributed by atoms with van der Waals surface area (Å²) in [5, 5.41) is 6.27. The third-order valence-corrected chi connectivity index (χ3v) is 5.87. The van der Waals surface area contributed by atoms with Gasteiger partial charge in [0.05, 0.1) is 23.4 Å². The summed E-state index contributed by atoms with van der Waals surface area (Å²) in [6.45, 7) is 2.70. The van der Waals surface area contributed by atoms with Crippen molar-refractivity contribution < 1.29 is 23.9 Å². The summed E-state index contributed by atoms with van der Waals surface area (Å²) < 4.78 is 10.9. The Morgan fingerprint density at radius 3 is 2.78 bits per heavy atom. The molecular formula is C17H23N5O5. The number of amides is 1. The van der Waals surface area contributed by atoms with Crippen LogP contribution in [0.4, 0.5) is 4.79 Å². The summed E-state index contributed by atoms with van der Waals surface area (Å²) >= 11 is 0. The smallest absolute Gasteiger partial charge is 0.404 e. The number of fused-ring (bicyclic) bond motifs is 4. The fraction of sp³-hybridized carbons (Fsp3) is 0.588. The molecule has 0 radical (unpaired) electrons. The maximum Gasteiger partial charge on any atom is 0.404 e. The van der Waals surface area contributed by atoms with Crippen LogP contribution in [0.2, 0.25) is 0 Å². The van der Waals surface area contributed by atoms with E-state index >= 15 is 0 Å². The number of nitrogens with zero attached hydrogens (tertiary/aromatic N) is 1. The van der Waals surface area contributed by atoms with Crippen molar-refractivity contribution in [1.82, 2.24) is 15.5 Å². The van der Waals surface area contributed by atoms with E-state index in [-0.39, 0.29) is 36.0 Å². The normalized spacial score (nSPS) is 33.9. The second-order valence-electron chi connectivity index (χ2n) is 7.14. The molecule has 0 aromatic carbocycles. The predicted molar refractivity (Wildman–Crippen MR) is 93.0 cm³/mol. The molecule has 0 spiro atoms. The Morgan fingerprint density at radius 2 is 2.15 bits per heavy atom. The Morgan fingerprint density at radius 1 is 1.41 bits per heavy atom. The minimum absolute atomic E-state index is 0.0593. The molecule has 3 heterocycles. The third-order valence-electron chi connectivity index (χ3n) is 5.87. The fourth-order valence-electron chi connectivity index (χ4n) is 4.70. The van der Waals surface area contributed by atoms with Gasteiger partial charge in [-0.1, -0.05) is 0 Å². The van der Waals surface area contributed by atoms with Crippen LogP contribution in [0.15, 0.2) is 22.5 Å². The quantitative estimate of drug-likeness (QED) is 0.301. The summed E-state index contributed by atoms with van der Waals surface area (Å²) in [6, 6.07) is 0.106. The number of piperazine rings is 1. The van der Waals surface area contributed by atoms with E-state index in [1.807, 2.05) is 4.90 Å². The number of hydrogen-bond donors (Lipinski definition) is 4. The first-order valence-corrected chi connectivity index (χ1v) is 8.87. The fourth-order valence-corrected chi connectivity index (χ4v) is 4.70. The maximum atomic E-state index is 13.3. The molecule has 0 unspecified atom stereocenters. The molecule has 27 heavy (non-hydrogen) atoms. The first-order valence-electron chi connectivity index (χ1n) is 8.87. The molecule has 146 valence electrons. The zero-order valence-corrected chi connectivity index (χ0v) is 15.2. The Bertz CT molecular complexity index is 806. The molecule has 2 saturated heterocycles. The van der Waals surface area contributed by atoms with Gasteiger partial charge in [0.1, 0.15) is 6.61 Å². The van der Waals surface area contributed by atoms with Crippen molar-refractivity contribution >= 4 is 17.7 Å². The molecule has 2 fully saturated rings.